The van der Waals surface area contributed by atoms with Crippen molar-refractivity contribution in [2.45, 2.75) is 59.4 Å². The number of carbonyl (C=O) groups excluding carboxylic acids is 1. The van der Waals surface area contributed by atoms with Crippen LogP contribution in [0.5, 0.6) is 0 Å². The van der Waals surface area contributed by atoms with E-state index in [1.165, 1.54) is 6.42 Å². The van der Waals surface area contributed by atoms with Crippen molar-refractivity contribution in [3.63, 3.8) is 0 Å². The van der Waals surface area contributed by atoms with Gasteiger partial charge in [0.1, 0.15) is 0 Å². The molecule has 1 fully saturated rings. The summed E-state index contributed by atoms with van der Waals surface area (Å²) in [5, 5.41) is 0. The van der Waals surface area contributed by atoms with Gasteiger partial charge in [0.2, 0.25) is 5.91 Å². The molecule has 0 radical (unpaired) electrons. The van der Waals surface area contributed by atoms with Crippen molar-refractivity contribution in [1.29, 1.82) is 0 Å². The van der Waals surface area contributed by atoms with Crippen LogP contribution in [0.2, 0.25) is 0 Å². The van der Waals surface area contributed by atoms with Crippen LogP contribution in [-0.4, -0.2) is 29.9 Å². The monoisotopic (exact) mass is 254 g/mol. The van der Waals surface area contributed by atoms with Crippen molar-refractivity contribution >= 4 is 5.91 Å². The van der Waals surface area contributed by atoms with Gasteiger partial charge >= 0.3 is 0 Å². The maximum absolute atomic E-state index is 12.4. The molecule has 0 aromatic heterocycles. The van der Waals surface area contributed by atoms with E-state index in [-0.39, 0.29) is 6.04 Å². The molecule has 18 heavy (non-hydrogen) atoms. The maximum Gasteiger partial charge on any atom is 0.222 e. The SMILES string of the molecule is CC(C)CN(CC(C)C)C(=O)C[C@@H]1CCC[C@H]1N. The Labute approximate surface area is 112 Å². The zero-order valence-corrected chi connectivity index (χ0v) is 12.5. The lowest BCUT2D eigenvalue weighted by Crippen LogP contribution is -2.39. The van der Waals surface area contributed by atoms with Gasteiger partial charge in [0.15, 0.2) is 0 Å². The molecule has 1 rings (SSSR count). The Hall–Kier alpha value is -0.570. The van der Waals surface area contributed by atoms with Crippen LogP contribution >= 0.6 is 0 Å². The highest BCUT2D eigenvalue weighted by molar-refractivity contribution is 5.76. The van der Waals surface area contributed by atoms with Gasteiger partial charge in [-0.05, 0) is 30.6 Å². The predicted molar refractivity (Wildman–Crippen MR) is 76.2 cm³/mol. The van der Waals surface area contributed by atoms with Gasteiger partial charge < -0.3 is 10.6 Å². The van der Waals surface area contributed by atoms with E-state index >= 15 is 0 Å². The first kappa shape index (κ1) is 15.5. The highest BCUT2D eigenvalue weighted by Crippen LogP contribution is 2.27. The summed E-state index contributed by atoms with van der Waals surface area (Å²) >= 11 is 0. The van der Waals surface area contributed by atoms with Crippen molar-refractivity contribution in [1.82, 2.24) is 4.90 Å². The lowest BCUT2D eigenvalue weighted by atomic mass is 9.99. The lowest BCUT2D eigenvalue weighted by Gasteiger charge is -2.28. The minimum absolute atomic E-state index is 0.244. The van der Waals surface area contributed by atoms with Crippen LogP contribution in [0, 0.1) is 17.8 Å². The summed E-state index contributed by atoms with van der Waals surface area (Å²) in [4.78, 5) is 14.4. The van der Waals surface area contributed by atoms with E-state index in [0.717, 1.165) is 25.9 Å². The highest BCUT2D eigenvalue weighted by atomic mass is 16.2. The molecular weight excluding hydrogens is 224 g/mol. The maximum atomic E-state index is 12.4. The van der Waals surface area contributed by atoms with E-state index in [4.69, 9.17) is 5.73 Å². The smallest absolute Gasteiger partial charge is 0.222 e. The first-order chi connectivity index (χ1) is 8.40. The number of amides is 1. The average Bonchev–Trinajstić information content (AvgIpc) is 2.62. The van der Waals surface area contributed by atoms with Crippen LogP contribution in [0.1, 0.15) is 53.4 Å². The standard InChI is InChI=1S/C15H30N2O/c1-11(2)9-17(10-12(3)4)15(18)8-13-6-5-7-14(13)16/h11-14H,5-10,16H2,1-4H3/t13-,14+/m0/s1. The fourth-order valence-corrected chi connectivity index (χ4v) is 2.83. The molecule has 1 amide bonds. The van der Waals surface area contributed by atoms with Gasteiger partial charge in [-0.1, -0.05) is 34.1 Å². The Balaban J connectivity index is 2.52. The molecule has 0 aromatic carbocycles. The Kier molecular flexibility index (Phi) is 6.13. The molecule has 0 aromatic rings. The Morgan fingerprint density at radius 1 is 1.17 bits per heavy atom. The molecule has 0 saturated heterocycles. The third-order valence-corrected chi connectivity index (χ3v) is 3.68. The minimum atomic E-state index is 0.244. The topological polar surface area (TPSA) is 46.3 Å². The molecule has 0 aliphatic heterocycles. The number of carbonyl (C=O) groups is 1. The second-order valence-electron chi connectivity index (χ2n) is 6.65. The molecule has 0 bridgehead atoms. The number of hydrogen-bond acceptors (Lipinski definition) is 2. The third kappa shape index (κ3) is 4.97. The molecule has 0 spiro atoms. The van der Waals surface area contributed by atoms with Crippen molar-refractivity contribution in [3.8, 4) is 0 Å². The second-order valence-corrected chi connectivity index (χ2v) is 6.65. The average molecular weight is 254 g/mol. The van der Waals surface area contributed by atoms with Crippen LogP contribution in [0.4, 0.5) is 0 Å². The number of hydrogen-bond donors (Lipinski definition) is 1. The van der Waals surface area contributed by atoms with E-state index in [2.05, 4.69) is 27.7 Å². The van der Waals surface area contributed by atoms with E-state index in [9.17, 15) is 4.79 Å². The van der Waals surface area contributed by atoms with Gasteiger partial charge in [0, 0.05) is 25.6 Å². The molecule has 0 heterocycles. The third-order valence-electron chi connectivity index (χ3n) is 3.68. The highest BCUT2D eigenvalue weighted by Gasteiger charge is 2.28. The number of rotatable bonds is 6. The van der Waals surface area contributed by atoms with Crippen LogP contribution in [-0.2, 0) is 4.79 Å². The second kappa shape index (κ2) is 7.13. The van der Waals surface area contributed by atoms with Crippen molar-refractivity contribution in [3.05, 3.63) is 0 Å². The first-order valence-corrected chi connectivity index (χ1v) is 7.43. The molecule has 2 atom stereocenters. The van der Waals surface area contributed by atoms with Crippen LogP contribution < -0.4 is 5.73 Å². The molecule has 1 saturated carbocycles. The molecule has 1 aliphatic carbocycles. The molecule has 0 unspecified atom stereocenters. The summed E-state index contributed by atoms with van der Waals surface area (Å²) in [6, 6.07) is 0.244. The van der Waals surface area contributed by atoms with Crippen molar-refractivity contribution in [2.75, 3.05) is 13.1 Å². The van der Waals surface area contributed by atoms with Gasteiger partial charge in [0.05, 0.1) is 0 Å². The molecule has 106 valence electrons. The van der Waals surface area contributed by atoms with Gasteiger partial charge in [-0.25, -0.2) is 0 Å². The molecule has 2 N–H and O–H groups in total. The van der Waals surface area contributed by atoms with Crippen LogP contribution in [0.3, 0.4) is 0 Å². The zero-order chi connectivity index (χ0) is 13.7. The van der Waals surface area contributed by atoms with Crippen LogP contribution in [0.25, 0.3) is 0 Å². The Bertz CT molecular complexity index is 253. The summed E-state index contributed by atoms with van der Waals surface area (Å²) in [6.07, 6.45) is 4.06. The summed E-state index contributed by atoms with van der Waals surface area (Å²) in [5.74, 6) is 1.79. The normalized spacial score (nSPS) is 23.9. The first-order valence-electron chi connectivity index (χ1n) is 7.43. The fraction of sp³-hybridized carbons (Fsp3) is 0.933. The summed E-state index contributed by atoms with van der Waals surface area (Å²) < 4.78 is 0. The lowest BCUT2D eigenvalue weighted by molar-refractivity contribution is -0.133. The van der Waals surface area contributed by atoms with Gasteiger partial charge in [0.25, 0.3) is 0 Å². The summed E-state index contributed by atoms with van der Waals surface area (Å²) in [7, 11) is 0. The molecular formula is C15H30N2O. The number of nitrogens with two attached hydrogens (primary N) is 1. The van der Waals surface area contributed by atoms with Crippen LogP contribution in [0.15, 0.2) is 0 Å². The quantitative estimate of drug-likeness (QED) is 0.792. The minimum Gasteiger partial charge on any atom is -0.342 e. The Morgan fingerprint density at radius 3 is 2.11 bits per heavy atom. The predicted octanol–water partition coefficient (Wildman–Crippen LogP) is 2.64. The number of nitrogens with zero attached hydrogens (tertiary/aromatic N) is 1. The van der Waals surface area contributed by atoms with Gasteiger partial charge in [-0.15, -0.1) is 0 Å². The summed E-state index contributed by atoms with van der Waals surface area (Å²) in [5.41, 5.74) is 6.06. The van der Waals surface area contributed by atoms with Gasteiger partial charge in [-0.2, -0.15) is 0 Å². The van der Waals surface area contributed by atoms with Crippen molar-refractivity contribution in [2.24, 2.45) is 23.5 Å². The largest absolute Gasteiger partial charge is 0.342 e. The molecule has 1 aliphatic rings. The van der Waals surface area contributed by atoms with E-state index in [0.29, 0.717) is 30.1 Å². The van der Waals surface area contributed by atoms with E-state index in [1.54, 1.807) is 0 Å². The molecule has 3 nitrogen and oxygen atoms in total. The van der Waals surface area contributed by atoms with E-state index in [1.807, 2.05) is 4.90 Å². The van der Waals surface area contributed by atoms with Crippen molar-refractivity contribution < 1.29 is 4.79 Å². The fourth-order valence-electron chi connectivity index (χ4n) is 2.83. The Morgan fingerprint density at radius 2 is 1.72 bits per heavy atom. The molecule has 3 heteroatoms. The summed E-state index contributed by atoms with van der Waals surface area (Å²) in [6.45, 7) is 10.4. The van der Waals surface area contributed by atoms with Gasteiger partial charge in [-0.3, -0.25) is 4.79 Å². The zero-order valence-electron chi connectivity index (χ0n) is 12.5. The van der Waals surface area contributed by atoms with E-state index < -0.39 is 0 Å².